The van der Waals surface area contributed by atoms with Crippen LogP contribution >= 0.6 is 0 Å². The molecule has 1 fully saturated rings. The second-order valence-corrected chi connectivity index (χ2v) is 5.16. The van der Waals surface area contributed by atoms with Crippen molar-refractivity contribution in [3.8, 4) is 0 Å². The summed E-state index contributed by atoms with van der Waals surface area (Å²) in [5.74, 6) is -0.994. The van der Waals surface area contributed by atoms with E-state index >= 15 is 0 Å². The number of carbonyl (C=O) groups excluding carboxylic acids is 1. The van der Waals surface area contributed by atoms with Crippen molar-refractivity contribution >= 4 is 11.9 Å². The van der Waals surface area contributed by atoms with Crippen LogP contribution in [0, 0.1) is 5.92 Å². The summed E-state index contributed by atoms with van der Waals surface area (Å²) in [6.45, 7) is 0.740. The summed E-state index contributed by atoms with van der Waals surface area (Å²) in [6.07, 6.45) is 1.39. The van der Waals surface area contributed by atoms with E-state index < -0.39 is 17.1 Å². The van der Waals surface area contributed by atoms with Gasteiger partial charge in [0, 0.05) is 31.6 Å². The molecule has 1 amide bonds. The number of hydrogen-bond acceptors (Lipinski definition) is 4. The number of likely N-dealkylation sites (tertiary alicyclic amines) is 1. The zero-order valence-corrected chi connectivity index (χ0v) is 11.4. The average molecular weight is 295 g/mol. The molecule has 1 aliphatic heterocycles. The molecule has 0 aliphatic carbocycles. The fourth-order valence-corrected chi connectivity index (χ4v) is 2.45. The number of carboxylic acid groups (broad SMARTS) is 1. The number of aromatic nitrogens is 2. The number of H-pyrrole nitrogens is 1. The van der Waals surface area contributed by atoms with E-state index in [0.29, 0.717) is 25.9 Å². The molecule has 0 unspecified atom stereocenters. The lowest BCUT2D eigenvalue weighted by molar-refractivity contribution is -0.138. The molecule has 0 bridgehead atoms. The van der Waals surface area contributed by atoms with E-state index in [4.69, 9.17) is 5.11 Å². The van der Waals surface area contributed by atoms with Crippen LogP contribution in [0.5, 0.6) is 0 Å². The number of nitrogens with one attached hydrogen (secondary N) is 1. The van der Waals surface area contributed by atoms with Gasteiger partial charge in [0.25, 0.3) is 11.1 Å². The Kier molecular flexibility index (Phi) is 4.56. The molecule has 0 saturated carbocycles. The van der Waals surface area contributed by atoms with Crippen LogP contribution in [0.2, 0.25) is 0 Å². The quantitative estimate of drug-likeness (QED) is 0.759. The second kappa shape index (κ2) is 6.38. The summed E-state index contributed by atoms with van der Waals surface area (Å²) < 4.78 is 0.980. The number of hydrogen-bond donors (Lipinski definition) is 2. The monoisotopic (exact) mass is 295 g/mol. The van der Waals surface area contributed by atoms with Gasteiger partial charge in [0.1, 0.15) is 6.54 Å². The van der Waals surface area contributed by atoms with E-state index in [1.165, 1.54) is 0 Å². The molecule has 114 valence electrons. The van der Waals surface area contributed by atoms with Crippen molar-refractivity contribution in [3.05, 3.63) is 32.8 Å². The van der Waals surface area contributed by atoms with Crippen molar-refractivity contribution in [1.29, 1.82) is 0 Å². The number of nitrogens with zero attached hydrogens (tertiary/aromatic N) is 2. The summed E-state index contributed by atoms with van der Waals surface area (Å²) in [5.41, 5.74) is -0.883. The Morgan fingerprint density at radius 3 is 2.52 bits per heavy atom. The molecular formula is C13H17N3O5. The summed E-state index contributed by atoms with van der Waals surface area (Å²) >= 11 is 0. The summed E-state index contributed by atoms with van der Waals surface area (Å²) in [5, 5.41) is 11.0. The van der Waals surface area contributed by atoms with E-state index in [2.05, 4.69) is 5.10 Å². The highest BCUT2D eigenvalue weighted by Crippen LogP contribution is 2.20. The van der Waals surface area contributed by atoms with Gasteiger partial charge in [-0.25, -0.2) is 4.68 Å². The van der Waals surface area contributed by atoms with Crippen molar-refractivity contribution in [1.82, 2.24) is 14.7 Å². The van der Waals surface area contributed by atoms with Gasteiger partial charge in [-0.1, -0.05) is 0 Å². The Hall–Kier alpha value is -2.38. The highest BCUT2D eigenvalue weighted by atomic mass is 16.4. The normalized spacial score (nSPS) is 15.9. The predicted octanol–water partition coefficient (Wildman–Crippen LogP) is -0.750. The Balaban J connectivity index is 1.93. The second-order valence-electron chi connectivity index (χ2n) is 5.16. The van der Waals surface area contributed by atoms with Gasteiger partial charge in [0.2, 0.25) is 5.91 Å². The number of piperidine rings is 1. The average Bonchev–Trinajstić information content (AvgIpc) is 2.43. The van der Waals surface area contributed by atoms with Crippen LogP contribution in [0.3, 0.4) is 0 Å². The third-order valence-corrected chi connectivity index (χ3v) is 3.61. The minimum Gasteiger partial charge on any atom is -0.481 e. The molecule has 2 N–H and O–H groups in total. The molecule has 0 aromatic carbocycles. The third-order valence-electron chi connectivity index (χ3n) is 3.61. The van der Waals surface area contributed by atoms with Gasteiger partial charge in [-0.05, 0) is 18.8 Å². The lowest BCUT2D eigenvalue weighted by Gasteiger charge is -2.31. The first kappa shape index (κ1) is 15.0. The third kappa shape index (κ3) is 4.04. The minimum atomic E-state index is -0.826. The van der Waals surface area contributed by atoms with Gasteiger partial charge in [-0.3, -0.25) is 24.3 Å². The van der Waals surface area contributed by atoms with Crippen LogP contribution in [0.25, 0.3) is 0 Å². The van der Waals surface area contributed by atoms with Gasteiger partial charge >= 0.3 is 5.97 Å². The van der Waals surface area contributed by atoms with Crippen LogP contribution in [0.4, 0.5) is 0 Å². The number of rotatable bonds is 4. The lowest BCUT2D eigenvalue weighted by atomic mass is 9.93. The summed E-state index contributed by atoms with van der Waals surface area (Å²) in [4.78, 5) is 47.0. The first-order valence-electron chi connectivity index (χ1n) is 6.75. The van der Waals surface area contributed by atoms with Gasteiger partial charge < -0.3 is 10.0 Å². The number of aliphatic carboxylic acids is 1. The maximum atomic E-state index is 12.1. The number of carbonyl (C=O) groups is 2. The van der Waals surface area contributed by atoms with Crippen LogP contribution in [-0.4, -0.2) is 44.8 Å². The molecule has 1 aromatic rings. The Labute approximate surface area is 120 Å². The van der Waals surface area contributed by atoms with Crippen LogP contribution in [0.1, 0.15) is 19.3 Å². The maximum absolute atomic E-state index is 12.1. The summed E-state index contributed by atoms with van der Waals surface area (Å²) in [7, 11) is 0. The molecule has 1 saturated heterocycles. The van der Waals surface area contributed by atoms with Crippen molar-refractivity contribution in [2.24, 2.45) is 5.92 Å². The highest BCUT2D eigenvalue weighted by molar-refractivity contribution is 5.76. The molecule has 8 nitrogen and oxygen atoms in total. The zero-order valence-electron chi connectivity index (χ0n) is 11.4. The molecule has 0 radical (unpaired) electrons. The Bertz CT molecular complexity index is 640. The molecule has 2 rings (SSSR count). The molecule has 2 heterocycles. The van der Waals surface area contributed by atoms with Crippen molar-refractivity contribution in [2.45, 2.75) is 25.8 Å². The zero-order chi connectivity index (χ0) is 15.4. The smallest absolute Gasteiger partial charge is 0.303 e. The van der Waals surface area contributed by atoms with Crippen LogP contribution in [0.15, 0.2) is 21.7 Å². The topological polar surface area (TPSA) is 112 Å². The number of amides is 1. The van der Waals surface area contributed by atoms with Crippen molar-refractivity contribution in [3.63, 3.8) is 0 Å². The molecule has 21 heavy (non-hydrogen) atoms. The Morgan fingerprint density at radius 1 is 1.24 bits per heavy atom. The largest absolute Gasteiger partial charge is 0.481 e. The van der Waals surface area contributed by atoms with Gasteiger partial charge in [-0.2, -0.15) is 0 Å². The predicted molar refractivity (Wildman–Crippen MR) is 72.9 cm³/mol. The molecule has 0 spiro atoms. The lowest BCUT2D eigenvalue weighted by Crippen LogP contribution is -2.43. The first-order valence-corrected chi connectivity index (χ1v) is 6.75. The van der Waals surface area contributed by atoms with Gasteiger partial charge in [0.05, 0.1) is 0 Å². The first-order chi connectivity index (χ1) is 9.95. The fraction of sp³-hybridized carbons (Fsp3) is 0.538. The highest BCUT2D eigenvalue weighted by Gasteiger charge is 2.24. The van der Waals surface area contributed by atoms with E-state index in [9.17, 15) is 19.2 Å². The molecule has 8 heteroatoms. The standard InChI is InChI=1S/C13H17N3O5/c17-10-1-2-11(18)16(14-10)8-12(19)15-5-3-9(4-6-15)7-13(20)21/h1-2,9H,3-8H2,(H,14,17)(H,20,21). The van der Waals surface area contributed by atoms with Crippen molar-refractivity contribution < 1.29 is 14.7 Å². The minimum absolute atomic E-state index is 0.0887. The molecular weight excluding hydrogens is 278 g/mol. The van der Waals surface area contributed by atoms with Crippen LogP contribution < -0.4 is 11.1 Å². The molecule has 0 atom stereocenters. The van der Waals surface area contributed by atoms with E-state index in [1.807, 2.05) is 0 Å². The van der Waals surface area contributed by atoms with Crippen molar-refractivity contribution in [2.75, 3.05) is 13.1 Å². The number of carboxylic acids is 1. The molecule has 1 aromatic heterocycles. The van der Waals surface area contributed by atoms with E-state index in [-0.39, 0.29) is 24.8 Å². The van der Waals surface area contributed by atoms with E-state index in [0.717, 1.165) is 16.8 Å². The fourth-order valence-electron chi connectivity index (χ4n) is 2.45. The maximum Gasteiger partial charge on any atom is 0.303 e. The number of aromatic amines is 1. The van der Waals surface area contributed by atoms with E-state index in [1.54, 1.807) is 4.90 Å². The van der Waals surface area contributed by atoms with Crippen LogP contribution in [-0.2, 0) is 16.1 Å². The molecule has 1 aliphatic rings. The van der Waals surface area contributed by atoms with Gasteiger partial charge in [0.15, 0.2) is 0 Å². The Morgan fingerprint density at radius 2 is 1.90 bits per heavy atom. The SMILES string of the molecule is O=C(O)CC1CCN(C(=O)Cn2[nH]c(=O)ccc2=O)CC1. The summed E-state index contributed by atoms with van der Waals surface area (Å²) in [6, 6.07) is 2.23. The van der Waals surface area contributed by atoms with Gasteiger partial charge in [-0.15, -0.1) is 0 Å².